The van der Waals surface area contributed by atoms with E-state index in [1.165, 1.54) is 0 Å². The Morgan fingerprint density at radius 1 is 1.50 bits per heavy atom. The molecular weight excluding hydrogens is 246 g/mol. The van der Waals surface area contributed by atoms with Crippen molar-refractivity contribution in [3.05, 3.63) is 0 Å². The van der Waals surface area contributed by atoms with Crippen LogP contribution in [0.5, 0.6) is 0 Å². The smallest absolute Gasteiger partial charge is 0.410 e. The lowest BCUT2D eigenvalue weighted by Gasteiger charge is -2.29. The zero-order valence-corrected chi connectivity index (χ0v) is 11.2. The lowest BCUT2D eigenvalue weighted by Crippen LogP contribution is -2.41. The quantitative estimate of drug-likeness (QED) is 0.735. The molecule has 0 aliphatic carbocycles. The van der Waals surface area contributed by atoms with Crippen molar-refractivity contribution in [3.63, 3.8) is 0 Å². The van der Waals surface area contributed by atoms with Crippen LogP contribution < -0.4 is 0 Å². The number of carbonyl (C=O) groups excluding carboxylic acids is 1. The number of amides is 1. The van der Waals surface area contributed by atoms with Crippen LogP contribution in [0.15, 0.2) is 0 Å². The van der Waals surface area contributed by atoms with Gasteiger partial charge in [-0.3, -0.25) is 0 Å². The fourth-order valence-electron chi connectivity index (χ4n) is 0.969. The van der Waals surface area contributed by atoms with Gasteiger partial charge in [0.25, 0.3) is 0 Å². The predicted molar refractivity (Wildman–Crippen MR) is 61.9 cm³/mol. The third-order valence-corrected chi connectivity index (χ3v) is 2.63. The second kappa shape index (κ2) is 5.59. The van der Waals surface area contributed by atoms with Crippen molar-refractivity contribution in [1.82, 2.24) is 4.90 Å². The van der Waals surface area contributed by atoms with Crippen LogP contribution in [-0.4, -0.2) is 35.0 Å². The van der Waals surface area contributed by atoms with E-state index in [9.17, 15) is 4.79 Å². The van der Waals surface area contributed by atoms with Crippen LogP contribution in [0, 0.1) is 0 Å². The lowest BCUT2D eigenvalue weighted by atomic mass is 10.2. The van der Waals surface area contributed by atoms with Crippen molar-refractivity contribution in [3.8, 4) is 0 Å². The summed E-state index contributed by atoms with van der Waals surface area (Å²) in [4.78, 5) is 13.2. The van der Waals surface area contributed by atoms with E-state index in [0.29, 0.717) is 0 Å². The molecule has 14 heavy (non-hydrogen) atoms. The molecule has 4 heteroatoms. The summed E-state index contributed by atoms with van der Waals surface area (Å²) in [7, 11) is 1.77. The molecule has 0 heterocycles. The van der Waals surface area contributed by atoms with Gasteiger partial charge in [-0.05, 0) is 27.2 Å². The minimum Gasteiger partial charge on any atom is -0.444 e. The number of hydrogen-bond acceptors (Lipinski definition) is 2. The molecule has 84 valence electrons. The lowest BCUT2D eigenvalue weighted by molar-refractivity contribution is 0.0237. The molecule has 3 nitrogen and oxygen atoms in total. The van der Waals surface area contributed by atoms with E-state index in [0.717, 1.165) is 11.8 Å². The van der Waals surface area contributed by atoms with Crippen molar-refractivity contribution in [1.29, 1.82) is 0 Å². The summed E-state index contributed by atoms with van der Waals surface area (Å²) in [6.07, 6.45) is 0.657. The summed E-state index contributed by atoms with van der Waals surface area (Å²) < 4.78 is 5.25. The Balaban J connectivity index is 4.24. The average Bonchev–Trinajstić information content (AvgIpc) is 2.03. The SMILES string of the molecule is CCC(CBr)N(C)C(=O)OC(C)(C)C. The summed E-state index contributed by atoms with van der Waals surface area (Å²) in [5, 5.41) is 0.777. The third-order valence-electron chi connectivity index (χ3n) is 1.88. The van der Waals surface area contributed by atoms with Crippen molar-refractivity contribution in [2.24, 2.45) is 0 Å². The highest BCUT2D eigenvalue weighted by Crippen LogP contribution is 2.12. The van der Waals surface area contributed by atoms with E-state index < -0.39 is 5.60 Å². The molecule has 0 saturated carbocycles. The van der Waals surface area contributed by atoms with Gasteiger partial charge < -0.3 is 9.64 Å². The summed E-state index contributed by atoms with van der Waals surface area (Å²) in [5.74, 6) is 0. The highest BCUT2D eigenvalue weighted by molar-refractivity contribution is 9.09. The Kier molecular flexibility index (Phi) is 5.49. The molecule has 0 bridgehead atoms. The number of alkyl halides is 1. The fourth-order valence-corrected chi connectivity index (χ4v) is 1.86. The van der Waals surface area contributed by atoms with Gasteiger partial charge in [0.05, 0.1) is 0 Å². The highest BCUT2D eigenvalue weighted by atomic mass is 79.9. The van der Waals surface area contributed by atoms with Gasteiger partial charge in [0, 0.05) is 18.4 Å². The van der Waals surface area contributed by atoms with Crippen LogP contribution >= 0.6 is 15.9 Å². The van der Waals surface area contributed by atoms with E-state index in [4.69, 9.17) is 4.74 Å². The van der Waals surface area contributed by atoms with Crippen molar-refractivity contribution >= 4 is 22.0 Å². The summed E-state index contributed by atoms with van der Waals surface area (Å²) >= 11 is 3.38. The molecular formula is C10H20BrNO2. The standard InChI is InChI=1S/C10H20BrNO2/c1-6-8(7-11)12(5)9(13)14-10(2,3)4/h8H,6-7H2,1-5H3. The molecule has 0 aromatic rings. The first kappa shape index (κ1) is 13.8. The maximum Gasteiger partial charge on any atom is 0.410 e. The number of ether oxygens (including phenoxy) is 1. The van der Waals surface area contributed by atoms with E-state index in [1.807, 2.05) is 27.7 Å². The van der Waals surface area contributed by atoms with Crippen molar-refractivity contribution in [2.45, 2.75) is 45.8 Å². The maximum atomic E-state index is 11.6. The number of halogens is 1. The summed E-state index contributed by atoms with van der Waals surface area (Å²) in [6.45, 7) is 7.66. The topological polar surface area (TPSA) is 29.5 Å². The van der Waals surface area contributed by atoms with Gasteiger partial charge in [-0.2, -0.15) is 0 Å². The molecule has 0 spiro atoms. The van der Waals surface area contributed by atoms with E-state index in [2.05, 4.69) is 15.9 Å². The molecule has 0 rings (SSSR count). The van der Waals surface area contributed by atoms with Gasteiger partial charge in [-0.15, -0.1) is 0 Å². The number of carbonyl (C=O) groups is 1. The van der Waals surface area contributed by atoms with Gasteiger partial charge in [0.2, 0.25) is 0 Å². The Labute approximate surface area is 94.9 Å². The first-order valence-electron chi connectivity index (χ1n) is 4.83. The minimum atomic E-state index is -0.421. The molecule has 1 atom stereocenters. The molecule has 0 aromatic heterocycles. The monoisotopic (exact) mass is 265 g/mol. The zero-order chi connectivity index (χ0) is 11.4. The normalized spacial score (nSPS) is 13.6. The molecule has 0 aliphatic rings. The summed E-state index contributed by atoms with van der Waals surface area (Å²) in [6, 6.07) is 0.199. The van der Waals surface area contributed by atoms with Crippen LogP contribution in [0.2, 0.25) is 0 Å². The molecule has 0 N–H and O–H groups in total. The number of nitrogens with zero attached hydrogens (tertiary/aromatic N) is 1. The molecule has 0 aliphatic heterocycles. The Hall–Kier alpha value is -0.250. The second-order valence-corrected chi connectivity index (χ2v) is 4.96. The molecule has 1 amide bonds. The number of rotatable bonds is 3. The highest BCUT2D eigenvalue weighted by Gasteiger charge is 2.23. The number of hydrogen-bond donors (Lipinski definition) is 0. The van der Waals surface area contributed by atoms with Gasteiger partial charge in [-0.1, -0.05) is 22.9 Å². The minimum absolute atomic E-state index is 0.199. The van der Waals surface area contributed by atoms with Crippen LogP contribution in [0.4, 0.5) is 4.79 Å². The van der Waals surface area contributed by atoms with Crippen LogP contribution in [0.25, 0.3) is 0 Å². The molecule has 0 radical (unpaired) electrons. The van der Waals surface area contributed by atoms with Crippen LogP contribution in [0.3, 0.4) is 0 Å². The first-order valence-corrected chi connectivity index (χ1v) is 5.95. The van der Waals surface area contributed by atoms with Crippen molar-refractivity contribution < 1.29 is 9.53 Å². The van der Waals surface area contributed by atoms with Gasteiger partial charge in [-0.25, -0.2) is 4.79 Å². The maximum absolute atomic E-state index is 11.6. The Bertz CT molecular complexity index is 185. The van der Waals surface area contributed by atoms with Gasteiger partial charge >= 0.3 is 6.09 Å². The third kappa shape index (κ3) is 4.84. The molecule has 0 aromatic carbocycles. The van der Waals surface area contributed by atoms with Crippen LogP contribution in [-0.2, 0) is 4.74 Å². The van der Waals surface area contributed by atoms with E-state index >= 15 is 0 Å². The van der Waals surface area contributed by atoms with E-state index in [-0.39, 0.29) is 12.1 Å². The van der Waals surface area contributed by atoms with Gasteiger partial charge in [0.15, 0.2) is 0 Å². The van der Waals surface area contributed by atoms with E-state index in [1.54, 1.807) is 11.9 Å². The molecule has 0 fully saturated rings. The Morgan fingerprint density at radius 3 is 2.29 bits per heavy atom. The first-order chi connectivity index (χ1) is 6.31. The Morgan fingerprint density at radius 2 is 2.00 bits per heavy atom. The predicted octanol–water partition coefficient (Wildman–Crippen LogP) is 3.03. The fraction of sp³-hybridized carbons (Fsp3) is 0.900. The average molecular weight is 266 g/mol. The second-order valence-electron chi connectivity index (χ2n) is 4.31. The zero-order valence-electron chi connectivity index (χ0n) is 9.63. The summed E-state index contributed by atoms with van der Waals surface area (Å²) in [5.41, 5.74) is -0.421. The van der Waals surface area contributed by atoms with Gasteiger partial charge in [0.1, 0.15) is 5.60 Å². The van der Waals surface area contributed by atoms with Crippen molar-refractivity contribution in [2.75, 3.05) is 12.4 Å². The van der Waals surface area contributed by atoms with Crippen LogP contribution in [0.1, 0.15) is 34.1 Å². The molecule has 1 unspecified atom stereocenters. The molecule has 0 saturated heterocycles. The largest absolute Gasteiger partial charge is 0.444 e.